The lowest BCUT2D eigenvalue weighted by Crippen LogP contribution is -2.15. The van der Waals surface area contributed by atoms with Gasteiger partial charge in [0.1, 0.15) is 0 Å². The van der Waals surface area contributed by atoms with Crippen molar-refractivity contribution in [2.24, 2.45) is 0 Å². The summed E-state index contributed by atoms with van der Waals surface area (Å²) in [6, 6.07) is 3.23. The zero-order valence-electron chi connectivity index (χ0n) is 6.51. The van der Waals surface area contributed by atoms with Crippen LogP contribution in [0.25, 0.3) is 0 Å². The molecule has 0 aliphatic rings. The summed E-state index contributed by atoms with van der Waals surface area (Å²) in [6.45, 7) is 0.749. The number of carbonyl (C=O) groups is 1. The van der Waals surface area contributed by atoms with Gasteiger partial charge in [-0.2, -0.15) is 0 Å². The fraction of sp³-hybridized carbons (Fsp3) is 0.375. The first-order chi connectivity index (χ1) is 5.49. The van der Waals surface area contributed by atoms with E-state index in [-0.39, 0.29) is 0 Å². The summed E-state index contributed by atoms with van der Waals surface area (Å²) in [5.41, 5.74) is 0. The molecule has 1 aromatic heterocycles. The van der Waals surface area contributed by atoms with Gasteiger partial charge in [-0.1, -0.05) is 6.07 Å². The van der Waals surface area contributed by atoms with Gasteiger partial charge in [0.2, 0.25) is 0 Å². The number of hydrogen-bond donors (Lipinski definition) is 0. The SMILES string of the molecule is CC(F)(F)CC(=O)c1cccs1. The number of alkyl halides is 2. The molecule has 0 N–H and O–H groups in total. The van der Waals surface area contributed by atoms with Crippen LogP contribution in [-0.4, -0.2) is 11.7 Å². The molecule has 0 fully saturated rings. The van der Waals surface area contributed by atoms with Crippen molar-refractivity contribution in [3.63, 3.8) is 0 Å². The molecular weight excluding hydrogens is 182 g/mol. The summed E-state index contributed by atoms with van der Waals surface area (Å²) in [7, 11) is 0. The van der Waals surface area contributed by atoms with Gasteiger partial charge in [0.05, 0.1) is 11.3 Å². The molecule has 0 radical (unpaired) electrons. The van der Waals surface area contributed by atoms with E-state index in [1.165, 1.54) is 11.3 Å². The van der Waals surface area contributed by atoms with E-state index in [0.29, 0.717) is 4.88 Å². The van der Waals surface area contributed by atoms with Crippen molar-refractivity contribution in [2.45, 2.75) is 19.3 Å². The maximum Gasteiger partial charge on any atom is 0.252 e. The van der Waals surface area contributed by atoms with Gasteiger partial charge in [0.15, 0.2) is 5.78 Å². The molecule has 0 atom stereocenters. The fourth-order valence-electron chi connectivity index (χ4n) is 0.806. The molecule has 0 aliphatic carbocycles. The average molecular weight is 190 g/mol. The van der Waals surface area contributed by atoms with Crippen LogP contribution in [0.1, 0.15) is 23.0 Å². The smallest absolute Gasteiger partial charge is 0.252 e. The summed E-state index contributed by atoms with van der Waals surface area (Å²) in [6.07, 6.45) is -0.701. The molecule has 0 bridgehead atoms. The van der Waals surface area contributed by atoms with Crippen molar-refractivity contribution >= 4 is 17.1 Å². The molecule has 0 saturated heterocycles. The molecule has 1 heterocycles. The lowest BCUT2D eigenvalue weighted by molar-refractivity contribution is 0.0157. The molecule has 0 unspecified atom stereocenters. The highest BCUT2D eigenvalue weighted by atomic mass is 32.1. The van der Waals surface area contributed by atoms with E-state index in [1.54, 1.807) is 17.5 Å². The van der Waals surface area contributed by atoms with Crippen molar-refractivity contribution in [3.05, 3.63) is 22.4 Å². The zero-order chi connectivity index (χ0) is 9.19. The Labute approximate surface area is 73.0 Å². The summed E-state index contributed by atoms with van der Waals surface area (Å²) in [5.74, 6) is -3.39. The maximum atomic E-state index is 12.3. The third kappa shape index (κ3) is 2.70. The molecule has 1 aromatic rings. The summed E-state index contributed by atoms with van der Waals surface area (Å²) in [4.78, 5) is 11.5. The highest BCUT2D eigenvalue weighted by Gasteiger charge is 2.26. The Morgan fingerprint density at radius 3 is 2.75 bits per heavy atom. The van der Waals surface area contributed by atoms with Gasteiger partial charge < -0.3 is 0 Å². The summed E-state index contributed by atoms with van der Waals surface area (Å²) >= 11 is 1.19. The van der Waals surface area contributed by atoms with Crippen LogP contribution in [0, 0.1) is 0 Å². The monoisotopic (exact) mass is 190 g/mol. The topological polar surface area (TPSA) is 17.1 Å². The third-order valence-electron chi connectivity index (χ3n) is 1.27. The zero-order valence-corrected chi connectivity index (χ0v) is 7.33. The second-order valence-corrected chi connectivity index (χ2v) is 3.60. The second-order valence-electron chi connectivity index (χ2n) is 2.65. The number of carbonyl (C=O) groups excluding carboxylic acids is 1. The second kappa shape index (κ2) is 3.31. The van der Waals surface area contributed by atoms with Gasteiger partial charge in [0.25, 0.3) is 5.92 Å². The molecular formula is C8H8F2OS. The van der Waals surface area contributed by atoms with Gasteiger partial charge in [-0.3, -0.25) is 4.79 Å². The van der Waals surface area contributed by atoms with Crippen molar-refractivity contribution in [1.82, 2.24) is 0 Å². The number of rotatable bonds is 3. The Hall–Kier alpha value is -0.770. The minimum absolute atomic E-state index is 0.400. The average Bonchev–Trinajstić information content (AvgIpc) is 2.32. The predicted molar refractivity (Wildman–Crippen MR) is 43.9 cm³/mol. The van der Waals surface area contributed by atoms with Crippen LogP contribution in [0.3, 0.4) is 0 Å². The van der Waals surface area contributed by atoms with Crippen molar-refractivity contribution in [3.8, 4) is 0 Å². The number of Topliss-reactive ketones (excluding diaryl/α,β-unsaturated/α-hetero) is 1. The number of thiophene rings is 1. The molecule has 0 amide bonds. The number of ketones is 1. The maximum absolute atomic E-state index is 12.3. The molecule has 12 heavy (non-hydrogen) atoms. The standard InChI is InChI=1S/C8H8F2OS/c1-8(9,10)5-6(11)7-3-2-4-12-7/h2-4H,5H2,1H3. The quantitative estimate of drug-likeness (QED) is 0.669. The molecule has 0 aliphatic heterocycles. The van der Waals surface area contributed by atoms with Gasteiger partial charge in [0, 0.05) is 0 Å². The van der Waals surface area contributed by atoms with Gasteiger partial charge in [-0.25, -0.2) is 8.78 Å². The Balaban J connectivity index is 2.63. The summed E-state index contributed by atoms with van der Waals surface area (Å²) < 4.78 is 24.7. The molecule has 1 nitrogen and oxygen atoms in total. The molecule has 66 valence electrons. The third-order valence-corrected chi connectivity index (χ3v) is 2.18. The molecule has 0 aromatic carbocycles. The van der Waals surface area contributed by atoms with E-state index in [0.717, 1.165) is 6.92 Å². The molecule has 0 spiro atoms. The van der Waals surface area contributed by atoms with Gasteiger partial charge >= 0.3 is 0 Å². The van der Waals surface area contributed by atoms with Crippen LogP contribution in [-0.2, 0) is 0 Å². The highest BCUT2D eigenvalue weighted by Crippen LogP contribution is 2.21. The van der Waals surface area contributed by atoms with Crippen molar-refractivity contribution in [2.75, 3.05) is 0 Å². The summed E-state index contributed by atoms with van der Waals surface area (Å²) in [5, 5.41) is 1.70. The molecule has 0 saturated carbocycles. The minimum Gasteiger partial charge on any atom is -0.293 e. The fourth-order valence-corrected chi connectivity index (χ4v) is 1.47. The largest absolute Gasteiger partial charge is 0.293 e. The first-order valence-electron chi connectivity index (χ1n) is 3.43. The van der Waals surface area contributed by atoms with E-state index in [2.05, 4.69) is 0 Å². The Bertz CT molecular complexity index is 261. The van der Waals surface area contributed by atoms with Crippen LogP contribution in [0.4, 0.5) is 8.78 Å². The van der Waals surface area contributed by atoms with E-state index in [4.69, 9.17) is 0 Å². The van der Waals surface area contributed by atoms with Crippen LogP contribution < -0.4 is 0 Å². The Morgan fingerprint density at radius 2 is 2.33 bits per heavy atom. The Kier molecular flexibility index (Phi) is 2.57. The lowest BCUT2D eigenvalue weighted by atomic mass is 10.1. The first-order valence-corrected chi connectivity index (χ1v) is 4.31. The van der Waals surface area contributed by atoms with Crippen LogP contribution in [0.15, 0.2) is 17.5 Å². The minimum atomic E-state index is -2.90. The van der Waals surface area contributed by atoms with E-state index in [9.17, 15) is 13.6 Å². The van der Waals surface area contributed by atoms with E-state index in [1.807, 2.05) is 0 Å². The highest BCUT2D eigenvalue weighted by molar-refractivity contribution is 7.12. The van der Waals surface area contributed by atoms with Crippen molar-refractivity contribution in [1.29, 1.82) is 0 Å². The van der Waals surface area contributed by atoms with Gasteiger partial charge in [-0.05, 0) is 18.4 Å². The molecule has 1 rings (SSSR count). The van der Waals surface area contributed by atoms with E-state index < -0.39 is 18.1 Å². The van der Waals surface area contributed by atoms with Crippen LogP contribution >= 0.6 is 11.3 Å². The Morgan fingerprint density at radius 1 is 1.67 bits per heavy atom. The normalized spacial score (nSPS) is 11.6. The van der Waals surface area contributed by atoms with Gasteiger partial charge in [-0.15, -0.1) is 11.3 Å². The number of halogens is 2. The van der Waals surface area contributed by atoms with Crippen LogP contribution in [0.5, 0.6) is 0 Å². The lowest BCUT2D eigenvalue weighted by Gasteiger charge is -2.06. The molecule has 4 heteroatoms. The van der Waals surface area contributed by atoms with Crippen LogP contribution in [0.2, 0.25) is 0 Å². The predicted octanol–water partition coefficient (Wildman–Crippen LogP) is 2.98. The first kappa shape index (κ1) is 9.32. The number of hydrogen-bond acceptors (Lipinski definition) is 2. The van der Waals surface area contributed by atoms with Crippen molar-refractivity contribution < 1.29 is 13.6 Å². The van der Waals surface area contributed by atoms with E-state index >= 15 is 0 Å².